The van der Waals surface area contributed by atoms with Crippen LogP contribution in [0.3, 0.4) is 0 Å². The van der Waals surface area contributed by atoms with Crippen LogP contribution in [0.2, 0.25) is 0 Å². The Bertz CT molecular complexity index is 1280. The first kappa shape index (κ1) is 21.1. The number of pyridine rings is 1. The number of aromatic nitrogens is 4. The molecule has 1 fully saturated rings. The molecule has 1 aliphatic heterocycles. The standard InChI is InChI=1S/C24H25FN6O2/c1-14-20(15(2)33-30-14)11-22(32)31-10-9-17(13-31)21-8-7-19-23(28-29-24(19)27-21)26-12-16-3-5-18(25)6-4-16/h3-8,17H,9-13H2,1-2H3,(H2,26,27,28,29)/t17-/m1/s1. The number of likely N-dealkylation sites (tertiary alicyclic amines) is 1. The molecule has 4 heterocycles. The Morgan fingerprint density at radius 2 is 2.06 bits per heavy atom. The lowest BCUT2D eigenvalue weighted by Gasteiger charge is -2.16. The van der Waals surface area contributed by atoms with E-state index < -0.39 is 0 Å². The van der Waals surface area contributed by atoms with Crippen molar-refractivity contribution in [2.75, 3.05) is 18.4 Å². The third kappa shape index (κ3) is 4.30. The Labute approximate surface area is 190 Å². The third-order valence-corrected chi connectivity index (χ3v) is 6.29. The second-order valence-corrected chi connectivity index (χ2v) is 8.49. The fourth-order valence-corrected chi connectivity index (χ4v) is 4.32. The minimum atomic E-state index is -0.253. The first-order valence-corrected chi connectivity index (χ1v) is 11.0. The maximum atomic E-state index is 13.1. The van der Waals surface area contributed by atoms with Crippen molar-refractivity contribution in [2.24, 2.45) is 0 Å². The van der Waals surface area contributed by atoms with Gasteiger partial charge in [-0.3, -0.25) is 9.89 Å². The molecule has 9 heteroatoms. The van der Waals surface area contributed by atoms with Gasteiger partial charge in [0.15, 0.2) is 11.5 Å². The molecule has 0 spiro atoms. The van der Waals surface area contributed by atoms with Crippen LogP contribution in [0.15, 0.2) is 40.9 Å². The number of amides is 1. The molecule has 1 aromatic carbocycles. The molecule has 8 nitrogen and oxygen atoms in total. The smallest absolute Gasteiger partial charge is 0.227 e. The summed E-state index contributed by atoms with van der Waals surface area (Å²) in [5.41, 5.74) is 4.26. The average Bonchev–Trinajstić information content (AvgIpc) is 3.54. The summed E-state index contributed by atoms with van der Waals surface area (Å²) in [6, 6.07) is 10.4. The summed E-state index contributed by atoms with van der Waals surface area (Å²) >= 11 is 0. The van der Waals surface area contributed by atoms with Crippen molar-refractivity contribution in [3.05, 3.63) is 70.5 Å². The van der Waals surface area contributed by atoms with Crippen LogP contribution >= 0.6 is 0 Å². The number of aryl methyl sites for hydroxylation is 2. The Balaban J connectivity index is 1.24. The normalized spacial score (nSPS) is 16.0. The summed E-state index contributed by atoms with van der Waals surface area (Å²) in [6.07, 6.45) is 1.18. The van der Waals surface area contributed by atoms with Crippen LogP contribution in [0, 0.1) is 19.7 Å². The average molecular weight is 449 g/mol. The monoisotopic (exact) mass is 448 g/mol. The Hall–Kier alpha value is -3.75. The van der Waals surface area contributed by atoms with E-state index in [2.05, 4.69) is 20.7 Å². The van der Waals surface area contributed by atoms with Gasteiger partial charge in [-0.15, -0.1) is 0 Å². The molecule has 33 heavy (non-hydrogen) atoms. The molecule has 0 radical (unpaired) electrons. The van der Waals surface area contributed by atoms with E-state index in [1.807, 2.05) is 30.9 Å². The highest BCUT2D eigenvalue weighted by atomic mass is 19.1. The maximum Gasteiger partial charge on any atom is 0.227 e. The van der Waals surface area contributed by atoms with Gasteiger partial charge < -0.3 is 14.7 Å². The van der Waals surface area contributed by atoms with Crippen molar-refractivity contribution in [1.29, 1.82) is 0 Å². The van der Waals surface area contributed by atoms with Crippen LogP contribution in [0.25, 0.3) is 11.0 Å². The fraction of sp³-hybridized carbons (Fsp3) is 0.333. The topological polar surface area (TPSA) is 99.9 Å². The summed E-state index contributed by atoms with van der Waals surface area (Å²) in [7, 11) is 0. The number of carbonyl (C=O) groups excluding carboxylic acids is 1. The number of hydrogen-bond acceptors (Lipinski definition) is 6. The number of halogens is 1. The number of nitrogens with zero attached hydrogens (tertiary/aromatic N) is 4. The number of anilines is 1. The van der Waals surface area contributed by atoms with E-state index in [1.165, 1.54) is 12.1 Å². The number of H-pyrrole nitrogens is 1. The number of nitrogens with one attached hydrogen (secondary N) is 2. The van der Waals surface area contributed by atoms with E-state index in [0.717, 1.165) is 34.3 Å². The lowest BCUT2D eigenvalue weighted by molar-refractivity contribution is -0.129. The fourth-order valence-electron chi connectivity index (χ4n) is 4.32. The van der Waals surface area contributed by atoms with Crippen molar-refractivity contribution in [3.63, 3.8) is 0 Å². The molecule has 1 aliphatic rings. The molecule has 0 unspecified atom stereocenters. The van der Waals surface area contributed by atoms with Gasteiger partial charge in [0.1, 0.15) is 11.6 Å². The number of rotatable bonds is 6. The zero-order valence-corrected chi connectivity index (χ0v) is 18.6. The zero-order chi connectivity index (χ0) is 22.9. The number of fused-ring (bicyclic) bond motifs is 1. The second-order valence-electron chi connectivity index (χ2n) is 8.49. The van der Waals surface area contributed by atoms with Gasteiger partial charge in [0.25, 0.3) is 0 Å². The largest absolute Gasteiger partial charge is 0.364 e. The molecule has 2 N–H and O–H groups in total. The lowest BCUT2D eigenvalue weighted by atomic mass is 10.0. The summed E-state index contributed by atoms with van der Waals surface area (Å²) in [5.74, 6) is 1.42. The predicted molar refractivity (Wildman–Crippen MR) is 121 cm³/mol. The van der Waals surface area contributed by atoms with Gasteiger partial charge in [0.05, 0.1) is 17.5 Å². The van der Waals surface area contributed by atoms with Crippen molar-refractivity contribution < 1.29 is 13.7 Å². The van der Waals surface area contributed by atoms with Gasteiger partial charge in [0, 0.05) is 36.8 Å². The first-order chi connectivity index (χ1) is 16.0. The molecule has 170 valence electrons. The molecule has 1 saturated heterocycles. The number of benzene rings is 1. The van der Waals surface area contributed by atoms with Crippen molar-refractivity contribution in [1.82, 2.24) is 25.2 Å². The number of carbonyl (C=O) groups is 1. The van der Waals surface area contributed by atoms with Crippen LogP contribution in [0.1, 0.15) is 40.6 Å². The third-order valence-electron chi connectivity index (χ3n) is 6.29. The van der Waals surface area contributed by atoms with Gasteiger partial charge in [-0.05, 0) is 50.1 Å². The maximum absolute atomic E-state index is 13.1. The highest BCUT2D eigenvalue weighted by Crippen LogP contribution is 2.29. The van der Waals surface area contributed by atoms with Crippen LogP contribution in [0.4, 0.5) is 10.2 Å². The van der Waals surface area contributed by atoms with Crippen LogP contribution in [0.5, 0.6) is 0 Å². The van der Waals surface area contributed by atoms with E-state index in [9.17, 15) is 9.18 Å². The van der Waals surface area contributed by atoms with Crippen LogP contribution < -0.4 is 5.32 Å². The van der Waals surface area contributed by atoms with Gasteiger partial charge in [-0.25, -0.2) is 9.37 Å². The van der Waals surface area contributed by atoms with E-state index >= 15 is 0 Å². The Morgan fingerprint density at radius 1 is 1.24 bits per heavy atom. The molecular formula is C24H25FN6O2. The quantitative estimate of drug-likeness (QED) is 0.465. The minimum absolute atomic E-state index is 0.0850. The van der Waals surface area contributed by atoms with E-state index in [1.54, 1.807) is 12.1 Å². The number of aromatic amines is 1. The molecular weight excluding hydrogens is 423 g/mol. The molecule has 4 aromatic rings. The van der Waals surface area contributed by atoms with Crippen molar-refractivity contribution in [2.45, 2.75) is 39.2 Å². The minimum Gasteiger partial charge on any atom is -0.364 e. The molecule has 0 bridgehead atoms. The molecule has 3 aromatic heterocycles. The van der Waals surface area contributed by atoms with Gasteiger partial charge in [0.2, 0.25) is 5.91 Å². The molecule has 1 atom stereocenters. The van der Waals surface area contributed by atoms with E-state index in [0.29, 0.717) is 43.3 Å². The van der Waals surface area contributed by atoms with E-state index in [-0.39, 0.29) is 17.6 Å². The zero-order valence-electron chi connectivity index (χ0n) is 18.6. The number of hydrogen-bond donors (Lipinski definition) is 2. The Kier molecular flexibility index (Phi) is 5.53. The summed E-state index contributed by atoms with van der Waals surface area (Å²) in [5, 5.41) is 15.4. The van der Waals surface area contributed by atoms with Gasteiger partial charge in [-0.2, -0.15) is 5.10 Å². The Morgan fingerprint density at radius 3 is 2.82 bits per heavy atom. The second kappa shape index (κ2) is 8.65. The van der Waals surface area contributed by atoms with Gasteiger partial charge in [-0.1, -0.05) is 17.3 Å². The lowest BCUT2D eigenvalue weighted by Crippen LogP contribution is -2.30. The SMILES string of the molecule is Cc1noc(C)c1CC(=O)N1CC[C@@H](c2ccc3c(NCc4ccc(F)cc4)n[nH]c3n2)C1. The highest BCUT2D eigenvalue weighted by molar-refractivity contribution is 5.87. The molecule has 0 aliphatic carbocycles. The van der Waals surface area contributed by atoms with Crippen molar-refractivity contribution in [3.8, 4) is 0 Å². The van der Waals surface area contributed by atoms with Crippen molar-refractivity contribution >= 4 is 22.8 Å². The summed E-state index contributed by atoms with van der Waals surface area (Å²) in [4.78, 5) is 19.5. The molecule has 5 rings (SSSR count). The molecule has 1 amide bonds. The van der Waals surface area contributed by atoms with E-state index in [4.69, 9.17) is 9.51 Å². The van der Waals surface area contributed by atoms with Crippen LogP contribution in [-0.2, 0) is 17.8 Å². The predicted octanol–water partition coefficient (Wildman–Crippen LogP) is 3.87. The summed E-state index contributed by atoms with van der Waals surface area (Å²) in [6.45, 7) is 5.58. The highest BCUT2D eigenvalue weighted by Gasteiger charge is 2.29. The molecule has 0 saturated carbocycles. The first-order valence-electron chi connectivity index (χ1n) is 11.0. The van der Waals surface area contributed by atoms with Gasteiger partial charge >= 0.3 is 0 Å². The van der Waals surface area contributed by atoms with Crippen LogP contribution in [-0.4, -0.2) is 44.2 Å². The summed E-state index contributed by atoms with van der Waals surface area (Å²) < 4.78 is 18.3.